The first-order valence-electron chi connectivity index (χ1n) is 8.93. The lowest BCUT2D eigenvalue weighted by molar-refractivity contribution is -0.385. The maximum atomic E-state index is 11.7. The first kappa shape index (κ1) is 29.1. The number of allylic oxidation sites excluding steroid dienone is 4. The van der Waals surface area contributed by atoms with Gasteiger partial charge >= 0.3 is 0 Å². The van der Waals surface area contributed by atoms with Gasteiger partial charge in [0, 0.05) is 29.7 Å². The summed E-state index contributed by atoms with van der Waals surface area (Å²) in [5, 5.41) is 10.7. The molecule has 0 heterocycles. The van der Waals surface area contributed by atoms with Crippen molar-refractivity contribution in [3.63, 3.8) is 0 Å². The molecule has 0 aromatic heterocycles. The summed E-state index contributed by atoms with van der Waals surface area (Å²) in [7, 11) is 0. The van der Waals surface area contributed by atoms with Crippen LogP contribution in [-0.2, 0) is 0 Å². The summed E-state index contributed by atoms with van der Waals surface area (Å²) in [5.41, 5.74) is 0.273. The van der Waals surface area contributed by atoms with Gasteiger partial charge in [0.2, 0.25) is 0 Å². The Morgan fingerprint density at radius 1 is 0.676 bits per heavy atom. The molecule has 0 aliphatic heterocycles. The molecule has 4 rings (SSSR count). The highest BCUT2D eigenvalue weighted by Gasteiger charge is 2.72. The van der Waals surface area contributed by atoms with Gasteiger partial charge in [0.15, 0.2) is 17.3 Å². The van der Waals surface area contributed by atoms with Crippen LogP contribution in [0, 0.1) is 22.0 Å². The highest BCUT2D eigenvalue weighted by atomic mass is 79.9. The average molecular weight is 774 g/mol. The van der Waals surface area contributed by atoms with Gasteiger partial charge in [-0.2, -0.15) is 0 Å². The van der Waals surface area contributed by atoms with Gasteiger partial charge in [0.25, 0.3) is 5.69 Å². The van der Waals surface area contributed by atoms with Crippen LogP contribution >= 0.6 is 155 Å². The summed E-state index contributed by atoms with van der Waals surface area (Å²) in [5.74, 6) is -4.41. The van der Waals surface area contributed by atoms with Crippen molar-refractivity contribution >= 4 is 161 Å². The zero-order chi connectivity index (χ0) is 25.9. The third-order valence-electron chi connectivity index (χ3n) is 6.30. The lowest BCUT2D eigenvalue weighted by Gasteiger charge is -2.60. The zero-order valence-electron chi connectivity index (χ0n) is 15.6. The van der Waals surface area contributed by atoms with Gasteiger partial charge in [-0.05, 0) is 33.1 Å². The van der Waals surface area contributed by atoms with E-state index in [1.54, 1.807) is 0 Å². The summed E-state index contributed by atoms with van der Waals surface area (Å²) < 4.78 is -7.70. The Bertz CT molecular complexity index is 1190. The second kappa shape index (κ2) is 9.04. The lowest BCUT2D eigenvalue weighted by atomic mass is 9.56. The minimum Gasteiger partial charge on any atom is -0.258 e. The Hall–Kier alpha value is 2.06. The molecule has 0 spiro atoms. The highest BCUT2D eigenvalue weighted by Crippen LogP contribution is 2.75. The number of hydrogen-bond donors (Lipinski definition) is 0. The number of rotatable bonds is 1. The Labute approximate surface area is 262 Å². The lowest BCUT2D eigenvalue weighted by Crippen LogP contribution is -2.60. The first-order chi connectivity index (χ1) is 15.3. The van der Waals surface area contributed by atoms with Crippen LogP contribution in [0.1, 0.15) is 23.0 Å². The molecule has 1 aromatic rings. The number of nitro groups is 1. The van der Waals surface area contributed by atoms with Gasteiger partial charge in [0.1, 0.15) is 0 Å². The average Bonchev–Trinajstić information content (AvgIpc) is 2.72. The number of fused-ring (bicyclic) bond motifs is 6. The van der Waals surface area contributed by atoms with Crippen molar-refractivity contribution in [1.82, 2.24) is 0 Å². The largest absolute Gasteiger partial charge is 0.283 e. The normalized spacial score (nSPS) is 32.6. The molecule has 0 saturated carbocycles. The SMILES string of the molecule is O=[N+]([O-])c1cc2c(cc1Br)C1C(C3C2C(Cl)(Cl)C(Cl)=C(Cl)C3(Cl)Cl)C(Cl)(Cl)C(Cl)=C(Cl)C1(Cl)Cl. The third-order valence-corrected chi connectivity index (χ3v) is 13.3. The molecule has 4 atom stereocenters. The molecule has 0 N–H and O–H groups in total. The maximum Gasteiger partial charge on any atom is 0.283 e. The minimum atomic E-state index is -1.99. The van der Waals surface area contributed by atoms with Crippen molar-refractivity contribution < 1.29 is 4.92 Å². The fraction of sp³-hybridized carbons (Fsp3) is 0.444. The standard InChI is InChI=1S/C18H6BrCl12NO2/c19-5-1-3-4(2-6(5)32(33)34)8-10(18(30,31)14(23)12(21)16(8,26)27)9-7(3)15(24,25)11(20)13(22)17(9,28)29/h1-2,7-10H. The van der Waals surface area contributed by atoms with E-state index in [1.165, 1.54) is 12.1 Å². The van der Waals surface area contributed by atoms with E-state index in [9.17, 15) is 10.1 Å². The molecular formula is C18H6BrCl12NO2. The molecule has 3 nitrogen and oxygen atoms in total. The summed E-state index contributed by atoms with van der Waals surface area (Å²) in [6.45, 7) is 0. The molecule has 0 bridgehead atoms. The molecule has 1 aromatic carbocycles. The van der Waals surface area contributed by atoms with Crippen LogP contribution in [0.3, 0.4) is 0 Å². The fourth-order valence-electron chi connectivity index (χ4n) is 4.94. The van der Waals surface area contributed by atoms with Gasteiger partial charge in [0.05, 0.1) is 29.5 Å². The number of nitro benzene ring substituents is 1. The molecule has 3 aliphatic rings. The van der Waals surface area contributed by atoms with E-state index < -0.39 is 45.9 Å². The van der Waals surface area contributed by atoms with Gasteiger partial charge < -0.3 is 0 Å². The van der Waals surface area contributed by atoms with E-state index in [2.05, 4.69) is 15.9 Å². The number of benzene rings is 1. The fourth-order valence-corrected chi connectivity index (χ4v) is 9.73. The van der Waals surface area contributed by atoms with Crippen LogP contribution in [0.2, 0.25) is 0 Å². The van der Waals surface area contributed by atoms with E-state index in [1.807, 2.05) is 0 Å². The predicted octanol–water partition coefficient (Wildman–Crippen LogP) is 10.9. The molecule has 34 heavy (non-hydrogen) atoms. The molecule has 16 heteroatoms. The van der Waals surface area contributed by atoms with Crippen LogP contribution in [0.5, 0.6) is 0 Å². The van der Waals surface area contributed by atoms with E-state index in [4.69, 9.17) is 139 Å². The number of halogens is 13. The third kappa shape index (κ3) is 3.87. The minimum absolute atomic E-state index is 0.109. The van der Waals surface area contributed by atoms with Crippen LogP contribution < -0.4 is 0 Å². The second-order valence-corrected chi connectivity index (χ2v) is 15.9. The summed E-state index contributed by atoms with van der Waals surface area (Å²) in [6, 6.07) is 2.69. The van der Waals surface area contributed by atoms with Crippen LogP contribution in [0.15, 0.2) is 36.7 Å². The van der Waals surface area contributed by atoms with Crippen molar-refractivity contribution in [2.75, 3.05) is 0 Å². The Morgan fingerprint density at radius 2 is 1.00 bits per heavy atom. The molecule has 0 amide bonds. The molecule has 4 unspecified atom stereocenters. The van der Waals surface area contributed by atoms with Crippen molar-refractivity contribution in [1.29, 1.82) is 0 Å². The van der Waals surface area contributed by atoms with E-state index >= 15 is 0 Å². The summed E-state index contributed by atoms with van der Waals surface area (Å²) >= 11 is 83.1. The number of nitrogens with zero attached hydrogens (tertiary/aromatic N) is 1. The second-order valence-electron chi connectivity index (χ2n) is 7.94. The van der Waals surface area contributed by atoms with E-state index in [0.29, 0.717) is 5.56 Å². The van der Waals surface area contributed by atoms with Crippen molar-refractivity contribution in [3.8, 4) is 0 Å². The Morgan fingerprint density at radius 3 is 1.35 bits per heavy atom. The van der Waals surface area contributed by atoms with E-state index in [0.717, 1.165) is 0 Å². The van der Waals surface area contributed by atoms with Gasteiger partial charge in [-0.3, -0.25) is 10.1 Å². The Balaban J connectivity index is 2.21. The quantitative estimate of drug-likeness (QED) is 0.162. The maximum absolute atomic E-state index is 11.7. The van der Waals surface area contributed by atoms with Gasteiger partial charge in [-0.1, -0.05) is 139 Å². The predicted molar refractivity (Wildman–Crippen MR) is 148 cm³/mol. The molecular weight excluding hydrogens is 768 g/mol. The molecule has 186 valence electrons. The molecule has 0 fully saturated rings. The topological polar surface area (TPSA) is 43.1 Å². The van der Waals surface area contributed by atoms with Crippen LogP contribution in [-0.4, -0.2) is 22.3 Å². The van der Waals surface area contributed by atoms with Crippen molar-refractivity contribution in [3.05, 3.63) is 58.0 Å². The van der Waals surface area contributed by atoms with Crippen molar-refractivity contribution in [2.45, 2.75) is 29.2 Å². The monoisotopic (exact) mass is 767 g/mol. The van der Waals surface area contributed by atoms with Crippen molar-refractivity contribution in [2.24, 2.45) is 11.8 Å². The number of hydrogen-bond acceptors (Lipinski definition) is 2. The molecule has 0 radical (unpaired) electrons. The smallest absolute Gasteiger partial charge is 0.258 e. The first-order valence-corrected chi connectivity index (χ1v) is 14.3. The molecule has 0 saturated heterocycles. The van der Waals surface area contributed by atoms with Gasteiger partial charge in [-0.25, -0.2) is 0 Å². The summed E-state index contributed by atoms with van der Waals surface area (Å²) in [4.78, 5) is 11.1. The van der Waals surface area contributed by atoms with Crippen LogP contribution in [0.25, 0.3) is 0 Å². The molecule has 3 aliphatic carbocycles. The highest BCUT2D eigenvalue weighted by molar-refractivity contribution is 9.10. The number of alkyl halides is 8. The zero-order valence-corrected chi connectivity index (χ0v) is 26.3. The van der Waals surface area contributed by atoms with Gasteiger partial charge in [-0.15, -0.1) is 0 Å². The summed E-state index contributed by atoms with van der Waals surface area (Å²) in [6.07, 6.45) is 0. The Kier molecular flexibility index (Phi) is 7.73. The van der Waals surface area contributed by atoms with E-state index in [-0.39, 0.29) is 35.9 Å². The van der Waals surface area contributed by atoms with Crippen LogP contribution in [0.4, 0.5) is 5.69 Å².